The zero-order valence-electron chi connectivity index (χ0n) is 20.3. The first-order chi connectivity index (χ1) is 16.5. The molecule has 3 N–H and O–H groups in total. The molecule has 3 aromatic rings. The van der Waals surface area contributed by atoms with Crippen LogP contribution >= 0.6 is 11.8 Å². The lowest BCUT2D eigenvalue weighted by molar-refractivity contribution is -0.119. The summed E-state index contributed by atoms with van der Waals surface area (Å²) in [6.07, 6.45) is 4.29. The lowest BCUT2D eigenvalue weighted by Crippen LogP contribution is -2.24. The van der Waals surface area contributed by atoms with Crippen LogP contribution in [0, 0.1) is 19.8 Å². The molecule has 0 saturated heterocycles. The second-order valence-electron chi connectivity index (χ2n) is 8.63. The second kappa shape index (κ2) is 10.9. The fourth-order valence-electron chi connectivity index (χ4n) is 4.23. The number of hydrogen-bond acceptors (Lipinski definition) is 7. The third-order valence-electron chi connectivity index (χ3n) is 6.17. The van der Waals surface area contributed by atoms with Crippen molar-refractivity contribution >= 4 is 40.8 Å². The molecule has 0 aliphatic heterocycles. The summed E-state index contributed by atoms with van der Waals surface area (Å²) in [6, 6.07) is 9.84. The number of nitrogens with one attached hydrogen (secondary N) is 3. The van der Waals surface area contributed by atoms with Crippen LogP contribution in [-0.4, -0.2) is 39.2 Å². The number of rotatable bonds is 9. The molecule has 0 unspecified atom stereocenters. The van der Waals surface area contributed by atoms with E-state index in [0.717, 1.165) is 78.1 Å². The van der Waals surface area contributed by atoms with E-state index in [0.29, 0.717) is 5.16 Å². The highest BCUT2D eigenvalue weighted by atomic mass is 32.2. The lowest BCUT2D eigenvalue weighted by atomic mass is 10.1. The van der Waals surface area contributed by atoms with E-state index in [-0.39, 0.29) is 11.8 Å². The van der Waals surface area contributed by atoms with Crippen molar-refractivity contribution in [1.82, 2.24) is 20.2 Å². The molecular weight excluding hydrogens is 446 g/mol. The summed E-state index contributed by atoms with van der Waals surface area (Å²) in [7, 11) is 0. The molecule has 2 aromatic heterocycles. The van der Waals surface area contributed by atoms with Gasteiger partial charge in [0.1, 0.15) is 11.6 Å². The van der Waals surface area contributed by atoms with Crippen molar-refractivity contribution < 1.29 is 4.79 Å². The molecule has 4 rings (SSSR count). The zero-order chi connectivity index (χ0) is 24.1. The summed E-state index contributed by atoms with van der Waals surface area (Å²) in [6.45, 7) is 9.96. The maximum atomic E-state index is 12.4. The van der Waals surface area contributed by atoms with Crippen molar-refractivity contribution in [2.45, 2.75) is 63.4 Å². The molecule has 180 valence electrons. The van der Waals surface area contributed by atoms with Crippen LogP contribution in [0.15, 0.2) is 40.4 Å². The van der Waals surface area contributed by atoms with Gasteiger partial charge in [-0.1, -0.05) is 12.8 Å². The second-order valence-corrected chi connectivity index (χ2v) is 9.67. The minimum Gasteiger partial charge on any atom is -0.357 e. The third-order valence-corrected chi connectivity index (χ3v) is 7.04. The molecule has 1 amide bonds. The van der Waals surface area contributed by atoms with Crippen molar-refractivity contribution in [1.29, 1.82) is 0 Å². The number of H-pyrrole nitrogens is 1. The molecule has 2 heterocycles. The highest BCUT2D eigenvalue weighted by molar-refractivity contribution is 7.99. The van der Waals surface area contributed by atoms with Crippen molar-refractivity contribution in [3.8, 4) is 0 Å². The molecular formula is C25H33N7OS. The van der Waals surface area contributed by atoms with Crippen LogP contribution in [0.5, 0.6) is 0 Å². The first-order valence-electron chi connectivity index (χ1n) is 12.0. The summed E-state index contributed by atoms with van der Waals surface area (Å²) in [5.41, 5.74) is 2.79. The Morgan fingerprint density at radius 2 is 1.82 bits per heavy atom. The van der Waals surface area contributed by atoms with Gasteiger partial charge in [0.2, 0.25) is 5.91 Å². The Balaban J connectivity index is 1.54. The van der Waals surface area contributed by atoms with E-state index in [2.05, 4.69) is 39.6 Å². The number of anilines is 4. The van der Waals surface area contributed by atoms with E-state index in [9.17, 15) is 4.79 Å². The van der Waals surface area contributed by atoms with Gasteiger partial charge in [0, 0.05) is 46.9 Å². The first kappa shape index (κ1) is 24.1. The van der Waals surface area contributed by atoms with E-state index >= 15 is 0 Å². The van der Waals surface area contributed by atoms with Gasteiger partial charge in [-0.3, -0.25) is 9.89 Å². The molecule has 0 bridgehead atoms. The predicted octanol–water partition coefficient (Wildman–Crippen LogP) is 5.69. The Kier molecular flexibility index (Phi) is 7.72. The summed E-state index contributed by atoms with van der Waals surface area (Å²) < 4.78 is 0. The van der Waals surface area contributed by atoms with Gasteiger partial charge in [-0.2, -0.15) is 5.10 Å². The molecule has 1 saturated carbocycles. The average Bonchev–Trinajstić information content (AvgIpc) is 3.51. The van der Waals surface area contributed by atoms with E-state index in [4.69, 9.17) is 9.97 Å². The number of hydrogen-bond donors (Lipinski definition) is 3. The van der Waals surface area contributed by atoms with Gasteiger partial charge in [0.25, 0.3) is 0 Å². The molecule has 1 aromatic carbocycles. The first-order valence-corrected chi connectivity index (χ1v) is 12.8. The Bertz CT molecular complexity index is 1120. The predicted molar refractivity (Wildman–Crippen MR) is 138 cm³/mol. The van der Waals surface area contributed by atoms with Gasteiger partial charge in [-0.15, -0.1) is 0 Å². The monoisotopic (exact) mass is 479 g/mol. The Labute approximate surface area is 205 Å². The van der Waals surface area contributed by atoms with E-state index in [1.165, 1.54) is 11.8 Å². The zero-order valence-corrected chi connectivity index (χ0v) is 21.1. The van der Waals surface area contributed by atoms with Crippen LogP contribution < -0.4 is 15.5 Å². The van der Waals surface area contributed by atoms with E-state index < -0.39 is 0 Å². The lowest BCUT2D eigenvalue weighted by Gasteiger charge is -2.23. The van der Waals surface area contributed by atoms with Gasteiger partial charge in [-0.25, -0.2) is 9.97 Å². The average molecular weight is 480 g/mol. The van der Waals surface area contributed by atoms with Crippen LogP contribution in [0.25, 0.3) is 0 Å². The van der Waals surface area contributed by atoms with Crippen LogP contribution in [0.1, 0.15) is 50.8 Å². The minimum atomic E-state index is 0.132. The quantitative estimate of drug-likeness (QED) is 0.339. The Morgan fingerprint density at radius 1 is 1.12 bits per heavy atom. The fraction of sp³-hybridized carbons (Fsp3) is 0.440. The van der Waals surface area contributed by atoms with Gasteiger partial charge in [0.05, 0.1) is 0 Å². The topological polar surface area (TPSA) is 98.8 Å². The summed E-state index contributed by atoms with van der Waals surface area (Å²) in [5.74, 6) is 2.66. The molecule has 9 heteroatoms. The van der Waals surface area contributed by atoms with Gasteiger partial charge in [-0.05, 0) is 76.6 Å². The van der Waals surface area contributed by atoms with E-state index in [1.807, 2.05) is 44.2 Å². The van der Waals surface area contributed by atoms with Crippen molar-refractivity contribution in [3.05, 3.63) is 41.6 Å². The maximum absolute atomic E-state index is 12.4. The highest BCUT2D eigenvalue weighted by Gasteiger charge is 2.22. The standard InChI is InChI=1S/C25H33N7OS/c1-5-32(6-2)23-17(4)22(27-21-15-16(3)30-31-21)28-25(29-23)34-20-13-11-19(12-14-20)26-24(33)18-9-7-8-10-18/h11-15,18H,5-10H2,1-4H3,(H,26,33)(H2,27,28,29,30,31). The number of carbonyl (C=O) groups is 1. The van der Waals surface area contributed by atoms with Crippen molar-refractivity contribution in [2.75, 3.05) is 28.6 Å². The number of carbonyl (C=O) groups excluding carboxylic acids is 1. The molecule has 0 spiro atoms. The fourth-order valence-corrected chi connectivity index (χ4v) is 4.98. The maximum Gasteiger partial charge on any atom is 0.227 e. The van der Waals surface area contributed by atoms with Crippen LogP contribution in [0.3, 0.4) is 0 Å². The van der Waals surface area contributed by atoms with Crippen LogP contribution in [-0.2, 0) is 4.79 Å². The van der Waals surface area contributed by atoms with Gasteiger partial charge in [0.15, 0.2) is 11.0 Å². The summed E-state index contributed by atoms with van der Waals surface area (Å²) in [4.78, 5) is 25.3. The summed E-state index contributed by atoms with van der Waals surface area (Å²) in [5, 5.41) is 14.3. The number of benzene rings is 1. The largest absolute Gasteiger partial charge is 0.357 e. The molecule has 34 heavy (non-hydrogen) atoms. The minimum absolute atomic E-state index is 0.132. The smallest absolute Gasteiger partial charge is 0.227 e. The van der Waals surface area contributed by atoms with Gasteiger partial charge >= 0.3 is 0 Å². The number of aromatic amines is 1. The Hall–Kier alpha value is -3.07. The summed E-state index contributed by atoms with van der Waals surface area (Å²) >= 11 is 1.50. The number of aromatic nitrogens is 4. The number of aryl methyl sites for hydroxylation is 1. The molecule has 0 radical (unpaired) electrons. The number of nitrogens with zero attached hydrogens (tertiary/aromatic N) is 4. The molecule has 1 aliphatic carbocycles. The third kappa shape index (κ3) is 5.70. The molecule has 1 aliphatic rings. The highest BCUT2D eigenvalue weighted by Crippen LogP contribution is 2.33. The van der Waals surface area contributed by atoms with E-state index in [1.54, 1.807) is 0 Å². The van der Waals surface area contributed by atoms with Crippen molar-refractivity contribution in [3.63, 3.8) is 0 Å². The van der Waals surface area contributed by atoms with Crippen molar-refractivity contribution in [2.24, 2.45) is 5.92 Å². The molecule has 1 fully saturated rings. The van der Waals surface area contributed by atoms with Crippen LogP contribution in [0.4, 0.5) is 23.1 Å². The normalized spacial score (nSPS) is 13.8. The SMILES string of the molecule is CCN(CC)c1nc(Sc2ccc(NC(=O)C3CCCC3)cc2)nc(Nc2cc(C)[nH]n2)c1C. The Morgan fingerprint density at radius 3 is 2.44 bits per heavy atom. The number of amides is 1. The van der Waals surface area contributed by atoms with Gasteiger partial charge < -0.3 is 15.5 Å². The van der Waals surface area contributed by atoms with Crippen LogP contribution in [0.2, 0.25) is 0 Å². The molecule has 0 atom stereocenters. The molecule has 8 nitrogen and oxygen atoms in total.